The zero-order valence-corrected chi connectivity index (χ0v) is 12.6. The van der Waals surface area contributed by atoms with Crippen molar-refractivity contribution in [2.45, 2.75) is 38.3 Å². The van der Waals surface area contributed by atoms with Crippen LogP contribution in [-0.4, -0.2) is 36.0 Å². The van der Waals surface area contributed by atoms with E-state index in [1.807, 2.05) is 24.3 Å². The molecule has 1 aliphatic heterocycles. The molecule has 4 nitrogen and oxygen atoms in total. The van der Waals surface area contributed by atoms with Gasteiger partial charge in [0.15, 0.2) is 0 Å². The zero-order chi connectivity index (χ0) is 14.5. The summed E-state index contributed by atoms with van der Waals surface area (Å²) in [6.07, 6.45) is 2.59. The zero-order valence-electron chi connectivity index (χ0n) is 11.8. The van der Waals surface area contributed by atoms with Crippen LogP contribution in [-0.2, 0) is 4.79 Å². The van der Waals surface area contributed by atoms with Gasteiger partial charge in [-0.3, -0.25) is 9.69 Å². The maximum Gasteiger partial charge on any atom is 0.218 e. The molecular formula is C15H22ClN3O. The maximum absolute atomic E-state index is 11.0. The van der Waals surface area contributed by atoms with E-state index in [1.54, 1.807) is 0 Å². The van der Waals surface area contributed by atoms with Gasteiger partial charge in [0, 0.05) is 42.3 Å². The van der Waals surface area contributed by atoms with E-state index >= 15 is 0 Å². The predicted molar refractivity (Wildman–Crippen MR) is 82.9 cm³/mol. The standard InChI is InChI=1S/C15H22ClN3O/c1-11(10-15(17)20)19-8-6-14(7-9-19)18-13-4-2-12(16)3-5-13/h2-5,11,14,18H,6-10H2,1H3,(H2,17,20)/t11-/m1/s1. The molecule has 1 saturated heterocycles. The molecule has 5 heteroatoms. The van der Waals surface area contributed by atoms with Gasteiger partial charge in [0.1, 0.15) is 0 Å². The third-order valence-electron chi connectivity index (χ3n) is 3.86. The minimum atomic E-state index is -0.223. The highest BCUT2D eigenvalue weighted by atomic mass is 35.5. The summed E-state index contributed by atoms with van der Waals surface area (Å²) in [6.45, 7) is 4.07. The second-order valence-electron chi connectivity index (χ2n) is 5.48. The van der Waals surface area contributed by atoms with E-state index in [1.165, 1.54) is 0 Å². The Morgan fingerprint density at radius 3 is 2.55 bits per heavy atom. The van der Waals surface area contributed by atoms with Crippen LogP contribution in [0, 0.1) is 0 Å². The Balaban J connectivity index is 1.79. The summed E-state index contributed by atoms with van der Waals surface area (Å²) in [7, 11) is 0. The molecule has 1 aromatic rings. The first-order valence-corrected chi connectivity index (χ1v) is 7.47. The number of nitrogens with two attached hydrogens (primary N) is 1. The van der Waals surface area contributed by atoms with Crippen LogP contribution in [0.3, 0.4) is 0 Å². The first-order chi connectivity index (χ1) is 9.54. The largest absolute Gasteiger partial charge is 0.382 e. The lowest BCUT2D eigenvalue weighted by molar-refractivity contribution is -0.119. The van der Waals surface area contributed by atoms with Crippen molar-refractivity contribution in [1.29, 1.82) is 0 Å². The van der Waals surface area contributed by atoms with Crippen LogP contribution in [0.1, 0.15) is 26.2 Å². The number of carbonyl (C=O) groups excluding carboxylic acids is 1. The van der Waals surface area contributed by atoms with Gasteiger partial charge in [-0.25, -0.2) is 0 Å². The molecule has 1 atom stereocenters. The van der Waals surface area contributed by atoms with E-state index in [0.29, 0.717) is 12.5 Å². The number of primary amides is 1. The Morgan fingerprint density at radius 2 is 2.00 bits per heavy atom. The predicted octanol–water partition coefficient (Wildman–Crippen LogP) is 2.48. The average molecular weight is 296 g/mol. The SMILES string of the molecule is C[C@H](CC(N)=O)N1CCC(Nc2ccc(Cl)cc2)CC1. The van der Waals surface area contributed by atoms with E-state index < -0.39 is 0 Å². The molecule has 1 aliphatic rings. The molecule has 1 aromatic carbocycles. The minimum Gasteiger partial charge on any atom is -0.382 e. The Hall–Kier alpha value is -1.26. The van der Waals surface area contributed by atoms with Gasteiger partial charge in [-0.1, -0.05) is 11.6 Å². The first-order valence-electron chi connectivity index (χ1n) is 7.09. The summed E-state index contributed by atoms with van der Waals surface area (Å²) in [5.41, 5.74) is 6.36. The number of hydrogen-bond donors (Lipinski definition) is 2. The molecule has 0 unspecified atom stereocenters. The molecule has 3 N–H and O–H groups in total. The van der Waals surface area contributed by atoms with Crippen LogP contribution in [0.4, 0.5) is 5.69 Å². The molecule has 1 fully saturated rings. The fourth-order valence-electron chi connectivity index (χ4n) is 2.69. The van der Waals surface area contributed by atoms with Crippen LogP contribution >= 0.6 is 11.6 Å². The van der Waals surface area contributed by atoms with Crippen LogP contribution in [0.2, 0.25) is 5.02 Å². The topological polar surface area (TPSA) is 58.4 Å². The Morgan fingerprint density at radius 1 is 1.40 bits per heavy atom. The van der Waals surface area contributed by atoms with Crippen molar-refractivity contribution < 1.29 is 4.79 Å². The van der Waals surface area contributed by atoms with Crippen LogP contribution in [0.15, 0.2) is 24.3 Å². The number of rotatable bonds is 5. The molecule has 0 aromatic heterocycles. The molecule has 1 heterocycles. The molecular weight excluding hydrogens is 274 g/mol. The van der Waals surface area contributed by atoms with Crippen molar-refractivity contribution in [1.82, 2.24) is 4.90 Å². The number of anilines is 1. The molecule has 110 valence electrons. The Labute approximate surface area is 125 Å². The number of nitrogens with zero attached hydrogens (tertiary/aromatic N) is 1. The number of piperidine rings is 1. The van der Waals surface area contributed by atoms with E-state index in [9.17, 15) is 4.79 Å². The molecule has 0 bridgehead atoms. The monoisotopic (exact) mass is 295 g/mol. The summed E-state index contributed by atoms with van der Waals surface area (Å²) in [5.74, 6) is -0.223. The smallest absolute Gasteiger partial charge is 0.218 e. The number of likely N-dealkylation sites (tertiary alicyclic amines) is 1. The van der Waals surface area contributed by atoms with Crippen molar-refractivity contribution in [3.05, 3.63) is 29.3 Å². The van der Waals surface area contributed by atoms with E-state index in [0.717, 1.165) is 36.6 Å². The van der Waals surface area contributed by atoms with E-state index in [-0.39, 0.29) is 11.9 Å². The van der Waals surface area contributed by atoms with Gasteiger partial charge in [0.25, 0.3) is 0 Å². The minimum absolute atomic E-state index is 0.223. The van der Waals surface area contributed by atoms with Gasteiger partial charge in [0.05, 0.1) is 0 Å². The van der Waals surface area contributed by atoms with Crippen molar-refractivity contribution in [2.24, 2.45) is 5.73 Å². The molecule has 0 spiro atoms. The van der Waals surface area contributed by atoms with Gasteiger partial charge in [0.2, 0.25) is 5.91 Å². The number of carbonyl (C=O) groups is 1. The lowest BCUT2D eigenvalue weighted by Gasteiger charge is -2.36. The lowest BCUT2D eigenvalue weighted by Crippen LogP contribution is -2.44. The first kappa shape index (κ1) is 15.1. The fraction of sp³-hybridized carbons (Fsp3) is 0.533. The van der Waals surface area contributed by atoms with E-state index in [2.05, 4.69) is 17.1 Å². The van der Waals surface area contributed by atoms with Gasteiger partial charge < -0.3 is 11.1 Å². The quantitative estimate of drug-likeness (QED) is 0.877. The van der Waals surface area contributed by atoms with Crippen LogP contribution in [0.5, 0.6) is 0 Å². The van der Waals surface area contributed by atoms with Crippen molar-refractivity contribution in [2.75, 3.05) is 18.4 Å². The second-order valence-corrected chi connectivity index (χ2v) is 5.92. The van der Waals surface area contributed by atoms with Crippen LogP contribution < -0.4 is 11.1 Å². The third-order valence-corrected chi connectivity index (χ3v) is 4.12. The van der Waals surface area contributed by atoms with E-state index in [4.69, 9.17) is 17.3 Å². The van der Waals surface area contributed by atoms with Gasteiger partial charge >= 0.3 is 0 Å². The number of benzene rings is 1. The Bertz CT molecular complexity index is 441. The number of halogens is 1. The summed E-state index contributed by atoms with van der Waals surface area (Å²) in [4.78, 5) is 13.3. The third kappa shape index (κ3) is 4.39. The molecule has 0 radical (unpaired) electrons. The summed E-state index contributed by atoms with van der Waals surface area (Å²) in [6, 6.07) is 8.52. The molecule has 0 aliphatic carbocycles. The highest BCUT2D eigenvalue weighted by Crippen LogP contribution is 2.20. The highest BCUT2D eigenvalue weighted by molar-refractivity contribution is 6.30. The lowest BCUT2D eigenvalue weighted by atomic mass is 10.0. The summed E-state index contributed by atoms with van der Waals surface area (Å²) < 4.78 is 0. The average Bonchev–Trinajstić information content (AvgIpc) is 2.41. The number of hydrogen-bond acceptors (Lipinski definition) is 3. The van der Waals surface area contributed by atoms with Crippen LogP contribution in [0.25, 0.3) is 0 Å². The van der Waals surface area contributed by atoms with Crippen molar-refractivity contribution in [3.63, 3.8) is 0 Å². The molecule has 2 rings (SSSR count). The highest BCUT2D eigenvalue weighted by Gasteiger charge is 2.23. The summed E-state index contributed by atoms with van der Waals surface area (Å²) >= 11 is 5.88. The molecule has 20 heavy (non-hydrogen) atoms. The molecule has 1 amide bonds. The fourth-order valence-corrected chi connectivity index (χ4v) is 2.81. The normalized spacial score (nSPS) is 18.7. The van der Waals surface area contributed by atoms with Gasteiger partial charge in [-0.15, -0.1) is 0 Å². The second kappa shape index (κ2) is 6.95. The summed E-state index contributed by atoms with van der Waals surface area (Å²) in [5, 5.41) is 4.29. The number of amides is 1. The van der Waals surface area contributed by atoms with Crippen molar-refractivity contribution >= 4 is 23.2 Å². The van der Waals surface area contributed by atoms with Crippen molar-refractivity contribution in [3.8, 4) is 0 Å². The van der Waals surface area contributed by atoms with Gasteiger partial charge in [-0.2, -0.15) is 0 Å². The van der Waals surface area contributed by atoms with Gasteiger partial charge in [-0.05, 0) is 44.0 Å². The Kier molecular flexibility index (Phi) is 5.26. The number of nitrogens with one attached hydrogen (secondary N) is 1. The molecule has 0 saturated carbocycles. The maximum atomic E-state index is 11.0.